The molecule has 1 aromatic rings. The second-order valence-electron chi connectivity index (χ2n) is 3.84. The highest BCUT2D eigenvalue weighted by molar-refractivity contribution is 5.46. The Hall–Kier alpha value is -1.69. The number of benzene rings is 1. The first-order chi connectivity index (χ1) is 8.04. The summed E-state index contributed by atoms with van der Waals surface area (Å²) in [4.78, 5) is 10.0. The van der Waals surface area contributed by atoms with Gasteiger partial charge in [0.2, 0.25) is 0 Å². The van der Waals surface area contributed by atoms with E-state index < -0.39 is 10.7 Å². The number of rotatable bonds is 6. The minimum atomic E-state index is -0.652. The molecule has 0 saturated heterocycles. The highest BCUT2D eigenvalue weighted by Gasteiger charge is 2.16. The summed E-state index contributed by atoms with van der Waals surface area (Å²) in [6.07, 6.45) is 0. The Morgan fingerprint density at radius 2 is 2.29 bits per heavy atom. The van der Waals surface area contributed by atoms with E-state index in [-0.39, 0.29) is 17.4 Å². The molecule has 5 nitrogen and oxygen atoms in total. The van der Waals surface area contributed by atoms with Crippen LogP contribution < -0.4 is 10.1 Å². The summed E-state index contributed by atoms with van der Waals surface area (Å²) in [7, 11) is 1.82. The lowest BCUT2D eigenvalue weighted by molar-refractivity contribution is -0.386. The maximum absolute atomic E-state index is 12.9. The van der Waals surface area contributed by atoms with Gasteiger partial charge in [0.1, 0.15) is 5.82 Å². The van der Waals surface area contributed by atoms with E-state index in [4.69, 9.17) is 4.74 Å². The van der Waals surface area contributed by atoms with Gasteiger partial charge >= 0.3 is 5.69 Å². The SMILES string of the molecule is CNCC(C)COc1ccc(F)cc1[N+](=O)[O-]. The molecule has 1 aromatic carbocycles. The molecular weight excluding hydrogens is 227 g/mol. The van der Waals surface area contributed by atoms with Crippen molar-refractivity contribution in [2.24, 2.45) is 5.92 Å². The van der Waals surface area contributed by atoms with Gasteiger partial charge in [-0.05, 0) is 19.2 Å². The molecule has 0 aliphatic rings. The molecule has 0 spiro atoms. The Balaban J connectivity index is 2.73. The first-order valence-electron chi connectivity index (χ1n) is 5.26. The number of nitrogens with zero attached hydrogens (tertiary/aromatic N) is 1. The third-order valence-electron chi connectivity index (χ3n) is 2.19. The number of halogens is 1. The predicted octanol–water partition coefficient (Wildman–Crippen LogP) is 1.97. The Kier molecular flexibility index (Phi) is 4.84. The maximum Gasteiger partial charge on any atom is 0.313 e. The van der Waals surface area contributed by atoms with E-state index in [2.05, 4.69) is 5.32 Å². The van der Waals surface area contributed by atoms with Gasteiger partial charge in [0.25, 0.3) is 0 Å². The summed E-state index contributed by atoms with van der Waals surface area (Å²) in [5, 5.41) is 13.7. The highest BCUT2D eigenvalue weighted by Crippen LogP contribution is 2.27. The topological polar surface area (TPSA) is 64.4 Å². The van der Waals surface area contributed by atoms with Crippen LogP contribution in [0.3, 0.4) is 0 Å². The van der Waals surface area contributed by atoms with E-state index in [1.54, 1.807) is 0 Å². The molecular formula is C11H15FN2O3. The van der Waals surface area contributed by atoms with Crippen LogP contribution in [0.25, 0.3) is 0 Å². The van der Waals surface area contributed by atoms with Gasteiger partial charge in [-0.2, -0.15) is 0 Å². The molecule has 17 heavy (non-hydrogen) atoms. The Bertz CT molecular complexity index is 398. The number of nitro groups is 1. The average molecular weight is 242 g/mol. The lowest BCUT2D eigenvalue weighted by atomic mass is 10.2. The molecule has 1 atom stereocenters. The monoisotopic (exact) mass is 242 g/mol. The number of nitro benzene ring substituents is 1. The van der Waals surface area contributed by atoms with E-state index in [0.717, 1.165) is 18.7 Å². The van der Waals surface area contributed by atoms with E-state index >= 15 is 0 Å². The van der Waals surface area contributed by atoms with Crippen molar-refractivity contribution < 1.29 is 14.1 Å². The molecule has 1 rings (SSSR count). The predicted molar refractivity (Wildman–Crippen MR) is 61.6 cm³/mol. The molecule has 0 aromatic heterocycles. The number of hydrogen-bond acceptors (Lipinski definition) is 4. The van der Waals surface area contributed by atoms with Crippen molar-refractivity contribution in [1.82, 2.24) is 5.32 Å². The summed E-state index contributed by atoms with van der Waals surface area (Å²) in [6.45, 7) is 3.04. The normalized spacial score (nSPS) is 12.2. The van der Waals surface area contributed by atoms with Crippen LogP contribution >= 0.6 is 0 Å². The van der Waals surface area contributed by atoms with E-state index in [0.29, 0.717) is 6.61 Å². The van der Waals surface area contributed by atoms with Crippen LogP contribution in [-0.2, 0) is 0 Å². The minimum Gasteiger partial charge on any atom is -0.486 e. The molecule has 0 saturated carbocycles. The summed E-state index contributed by atoms with van der Waals surface area (Å²) in [5.41, 5.74) is -0.346. The van der Waals surface area contributed by atoms with Gasteiger partial charge in [-0.1, -0.05) is 6.92 Å². The van der Waals surface area contributed by atoms with E-state index in [9.17, 15) is 14.5 Å². The molecule has 1 unspecified atom stereocenters. The van der Waals surface area contributed by atoms with E-state index in [1.807, 2.05) is 14.0 Å². The molecule has 0 aliphatic heterocycles. The van der Waals surface area contributed by atoms with Crippen LogP contribution in [0.5, 0.6) is 5.75 Å². The number of nitrogens with one attached hydrogen (secondary N) is 1. The van der Waals surface area contributed by atoms with Crippen molar-refractivity contribution in [1.29, 1.82) is 0 Å². The largest absolute Gasteiger partial charge is 0.486 e. The summed E-state index contributed by atoms with van der Waals surface area (Å²) < 4.78 is 18.2. The maximum atomic E-state index is 12.9. The zero-order chi connectivity index (χ0) is 12.8. The summed E-state index contributed by atoms with van der Waals surface area (Å²) in [5.74, 6) is -0.337. The standard InChI is InChI=1S/C11H15FN2O3/c1-8(6-13-2)7-17-11-4-3-9(12)5-10(11)14(15)16/h3-5,8,13H,6-7H2,1-2H3. The minimum absolute atomic E-state index is 0.0966. The summed E-state index contributed by atoms with van der Waals surface area (Å²) >= 11 is 0. The molecule has 0 radical (unpaired) electrons. The second-order valence-corrected chi connectivity index (χ2v) is 3.84. The molecule has 1 N–H and O–H groups in total. The second kappa shape index (κ2) is 6.15. The van der Waals surface area contributed by atoms with Gasteiger partial charge in [-0.3, -0.25) is 10.1 Å². The zero-order valence-corrected chi connectivity index (χ0v) is 9.77. The van der Waals surface area contributed by atoms with Gasteiger partial charge < -0.3 is 10.1 Å². The third-order valence-corrected chi connectivity index (χ3v) is 2.19. The molecule has 0 amide bonds. The van der Waals surface area contributed by atoms with Crippen LogP contribution in [0, 0.1) is 21.8 Å². The Labute approximate surface area is 98.7 Å². The fourth-order valence-electron chi connectivity index (χ4n) is 1.39. The van der Waals surface area contributed by atoms with Crippen molar-refractivity contribution in [3.8, 4) is 5.75 Å². The third kappa shape index (κ3) is 3.99. The van der Waals surface area contributed by atoms with Crippen LogP contribution in [0.15, 0.2) is 18.2 Å². The number of ether oxygens (including phenoxy) is 1. The fourth-order valence-corrected chi connectivity index (χ4v) is 1.39. The van der Waals surface area contributed by atoms with E-state index in [1.165, 1.54) is 6.07 Å². The molecule has 6 heteroatoms. The lowest BCUT2D eigenvalue weighted by Gasteiger charge is -2.12. The summed E-state index contributed by atoms with van der Waals surface area (Å²) in [6, 6.07) is 3.28. The average Bonchev–Trinajstić information content (AvgIpc) is 2.27. The van der Waals surface area contributed by atoms with Gasteiger partial charge in [0.05, 0.1) is 17.6 Å². The Morgan fingerprint density at radius 1 is 1.59 bits per heavy atom. The Morgan fingerprint density at radius 3 is 2.88 bits per heavy atom. The van der Waals surface area contributed by atoms with Gasteiger partial charge in [-0.25, -0.2) is 4.39 Å². The van der Waals surface area contributed by atoms with Gasteiger partial charge in [0, 0.05) is 12.5 Å². The smallest absolute Gasteiger partial charge is 0.313 e. The molecule has 0 aliphatic carbocycles. The van der Waals surface area contributed by atoms with Gasteiger partial charge in [-0.15, -0.1) is 0 Å². The van der Waals surface area contributed by atoms with Gasteiger partial charge in [0.15, 0.2) is 5.75 Å². The highest BCUT2D eigenvalue weighted by atomic mass is 19.1. The zero-order valence-electron chi connectivity index (χ0n) is 9.77. The quantitative estimate of drug-likeness (QED) is 0.612. The van der Waals surface area contributed by atoms with Crippen molar-refractivity contribution in [3.05, 3.63) is 34.1 Å². The van der Waals surface area contributed by atoms with Crippen LogP contribution in [0.2, 0.25) is 0 Å². The number of hydrogen-bond donors (Lipinski definition) is 1. The first-order valence-corrected chi connectivity index (χ1v) is 5.26. The fraction of sp³-hybridized carbons (Fsp3) is 0.455. The van der Waals surface area contributed by atoms with Crippen LogP contribution in [-0.4, -0.2) is 25.1 Å². The van der Waals surface area contributed by atoms with Crippen molar-refractivity contribution >= 4 is 5.69 Å². The van der Waals surface area contributed by atoms with Crippen molar-refractivity contribution in [2.75, 3.05) is 20.2 Å². The molecule has 0 fully saturated rings. The van der Waals surface area contributed by atoms with Crippen LogP contribution in [0.4, 0.5) is 10.1 Å². The molecule has 94 valence electrons. The first kappa shape index (κ1) is 13.4. The van der Waals surface area contributed by atoms with Crippen molar-refractivity contribution in [3.63, 3.8) is 0 Å². The lowest BCUT2D eigenvalue weighted by Crippen LogP contribution is -2.21. The molecule has 0 bridgehead atoms. The van der Waals surface area contributed by atoms with Crippen molar-refractivity contribution in [2.45, 2.75) is 6.92 Å². The van der Waals surface area contributed by atoms with Crippen LogP contribution in [0.1, 0.15) is 6.92 Å². The molecule has 0 heterocycles.